The predicted molar refractivity (Wildman–Crippen MR) is 85.5 cm³/mol. The molecule has 2 aromatic carbocycles. The van der Waals surface area contributed by atoms with E-state index in [2.05, 4.69) is 36.9 Å². The van der Waals surface area contributed by atoms with Gasteiger partial charge in [-0.15, -0.1) is 0 Å². The van der Waals surface area contributed by atoms with Crippen LogP contribution in [0.15, 0.2) is 36.4 Å². The van der Waals surface area contributed by atoms with Gasteiger partial charge in [-0.1, -0.05) is 31.2 Å². The van der Waals surface area contributed by atoms with Crippen LogP contribution >= 0.6 is 0 Å². The van der Waals surface area contributed by atoms with Crippen molar-refractivity contribution in [2.75, 3.05) is 18.1 Å². The lowest BCUT2D eigenvalue weighted by atomic mass is 10.0. The molecular weight excluding hydrogens is 260 g/mol. The number of rotatable bonds is 2. The quantitative estimate of drug-likeness (QED) is 0.841. The Morgan fingerprint density at radius 1 is 1.24 bits per heavy atom. The van der Waals surface area contributed by atoms with Gasteiger partial charge in [0.2, 0.25) is 0 Å². The molecule has 0 N–H and O–H groups in total. The van der Waals surface area contributed by atoms with Crippen LogP contribution < -0.4 is 4.90 Å². The van der Waals surface area contributed by atoms with Gasteiger partial charge in [0.1, 0.15) is 0 Å². The molecule has 2 aromatic rings. The monoisotopic (exact) mass is 280 g/mol. The fraction of sp³-hybridized carbons (Fsp3) is 0.389. The van der Waals surface area contributed by atoms with Gasteiger partial charge in [-0.3, -0.25) is 0 Å². The molecule has 1 heterocycles. The zero-order valence-electron chi connectivity index (χ0n) is 12.5. The molecule has 0 spiro atoms. The van der Waals surface area contributed by atoms with Gasteiger partial charge in [-0.2, -0.15) is 5.26 Å². The molecule has 21 heavy (non-hydrogen) atoms. The first-order valence-electron chi connectivity index (χ1n) is 7.54. The highest BCUT2D eigenvalue weighted by Crippen LogP contribution is 2.32. The lowest BCUT2D eigenvalue weighted by Gasteiger charge is -2.40. The van der Waals surface area contributed by atoms with Gasteiger partial charge >= 0.3 is 0 Å². The lowest BCUT2D eigenvalue weighted by molar-refractivity contribution is 0.0301. The van der Waals surface area contributed by atoms with Crippen molar-refractivity contribution in [3.63, 3.8) is 0 Å². The Hall–Kier alpha value is -2.05. The van der Waals surface area contributed by atoms with Crippen LogP contribution in [0.4, 0.5) is 5.69 Å². The Morgan fingerprint density at radius 3 is 2.71 bits per heavy atom. The maximum absolute atomic E-state index is 9.29. The summed E-state index contributed by atoms with van der Waals surface area (Å²) >= 11 is 0. The minimum Gasteiger partial charge on any atom is -0.375 e. The van der Waals surface area contributed by atoms with Gasteiger partial charge in [0.25, 0.3) is 0 Å². The number of hydrogen-bond donors (Lipinski definition) is 0. The van der Waals surface area contributed by atoms with E-state index in [-0.39, 0.29) is 6.10 Å². The second kappa shape index (κ2) is 5.75. The van der Waals surface area contributed by atoms with Gasteiger partial charge in [-0.25, -0.2) is 0 Å². The molecule has 0 bridgehead atoms. The molecule has 108 valence electrons. The van der Waals surface area contributed by atoms with Crippen LogP contribution in [0.2, 0.25) is 0 Å². The lowest BCUT2D eigenvalue weighted by Crippen LogP contribution is -2.48. The van der Waals surface area contributed by atoms with Crippen molar-refractivity contribution in [1.82, 2.24) is 0 Å². The number of nitriles is 1. The SMILES string of the molecule is CCC1COC(C)CN1c1ccc(C#N)c2ccccc12. The predicted octanol–water partition coefficient (Wildman–Crippen LogP) is 3.72. The molecule has 0 saturated carbocycles. The number of benzene rings is 2. The van der Waals surface area contributed by atoms with Crippen LogP contribution in [-0.2, 0) is 4.74 Å². The molecule has 0 amide bonds. The minimum absolute atomic E-state index is 0.238. The summed E-state index contributed by atoms with van der Waals surface area (Å²) in [5.74, 6) is 0. The fourth-order valence-corrected chi connectivity index (χ4v) is 3.11. The maximum atomic E-state index is 9.29. The van der Waals surface area contributed by atoms with Crippen LogP contribution in [0.5, 0.6) is 0 Å². The summed E-state index contributed by atoms with van der Waals surface area (Å²) in [7, 11) is 0. The molecule has 3 heteroatoms. The second-order valence-corrected chi connectivity index (χ2v) is 5.65. The number of hydrogen-bond acceptors (Lipinski definition) is 3. The molecular formula is C18H20N2O. The van der Waals surface area contributed by atoms with Crippen molar-refractivity contribution in [3.8, 4) is 6.07 Å². The number of nitrogens with zero attached hydrogens (tertiary/aromatic N) is 2. The Kier molecular flexibility index (Phi) is 3.81. The third kappa shape index (κ3) is 2.48. The molecule has 2 unspecified atom stereocenters. The topological polar surface area (TPSA) is 36.3 Å². The maximum Gasteiger partial charge on any atom is 0.0998 e. The number of morpholine rings is 1. The first-order chi connectivity index (χ1) is 10.2. The summed E-state index contributed by atoms with van der Waals surface area (Å²) in [6.07, 6.45) is 1.29. The Balaban J connectivity index is 2.13. The highest BCUT2D eigenvalue weighted by molar-refractivity contribution is 5.98. The van der Waals surface area contributed by atoms with E-state index >= 15 is 0 Å². The zero-order chi connectivity index (χ0) is 14.8. The van der Waals surface area contributed by atoms with Crippen LogP contribution in [0.25, 0.3) is 10.8 Å². The van der Waals surface area contributed by atoms with E-state index in [1.54, 1.807) is 0 Å². The standard InChI is InChI=1S/C18H20N2O/c1-3-15-12-21-13(2)11-20(15)18-9-8-14(10-19)16-6-4-5-7-17(16)18/h4-9,13,15H,3,11-12H2,1-2H3. The summed E-state index contributed by atoms with van der Waals surface area (Å²) < 4.78 is 5.80. The second-order valence-electron chi connectivity index (χ2n) is 5.65. The van der Waals surface area contributed by atoms with E-state index in [9.17, 15) is 5.26 Å². The molecule has 0 radical (unpaired) electrons. The molecule has 1 saturated heterocycles. The number of fused-ring (bicyclic) bond motifs is 1. The average molecular weight is 280 g/mol. The summed E-state index contributed by atoms with van der Waals surface area (Å²) in [5.41, 5.74) is 1.95. The highest BCUT2D eigenvalue weighted by atomic mass is 16.5. The van der Waals surface area contributed by atoms with Crippen LogP contribution in [-0.4, -0.2) is 25.3 Å². The Labute approximate surface area is 125 Å². The van der Waals surface area contributed by atoms with Gasteiger partial charge in [0.15, 0.2) is 0 Å². The van der Waals surface area contributed by atoms with Crippen LogP contribution in [0.3, 0.4) is 0 Å². The third-order valence-electron chi connectivity index (χ3n) is 4.27. The van der Waals surface area contributed by atoms with E-state index in [4.69, 9.17) is 4.74 Å². The molecule has 3 rings (SSSR count). The Morgan fingerprint density at radius 2 is 2.00 bits per heavy atom. The molecule has 1 fully saturated rings. The molecule has 3 nitrogen and oxygen atoms in total. The molecule has 1 aliphatic rings. The van der Waals surface area contributed by atoms with Gasteiger partial charge in [-0.05, 0) is 25.5 Å². The van der Waals surface area contributed by atoms with Gasteiger partial charge in [0, 0.05) is 23.0 Å². The first-order valence-corrected chi connectivity index (χ1v) is 7.54. The summed E-state index contributed by atoms with van der Waals surface area (Å²) in [6, 6.07) is 14.9. The molecule has 1 aliphatic heterocycles. The van der Waals surface area contributed by atoms with E-state index in [1.807, 2.05) is 24.3 Å². The third-order valence-corrected chi connectivity index (χ3v) is 4.27. The highest BCUT2D eigenvalue weighted by Gasteiger charge is 2.27. The summed E-state index contributed by atoms with van der Waals surface area (Å²) in [5, 5.41) is 11.5. The smallest absolute Gasteiger partial charge is 0.0998 e. The number of ether oxygens (including phenoxy) is 1. The van der Waals surface area contributed by atoms with Crippen LogP contribution in [0, 0.1) is 11.3 Å². The summed E-state index contributed by atoms with van der Waals surface area (Å²) in [6.45, 7) is 5.98. The summed E-state index contributed by atoms with van der Waals surface area (Å²) in [4.78, 5) is 2.44. The zero-order valence-corrected chi connectivity index (χ0v) is 12.5. The molecule has 2 atom stereocenters. The minimum atomic E-state index is 0.238. The number of anilines is 1. The fourth-order valence-electron chi connectivity index (χ4n) is 3.11. The van der Waals surface area contributed by atoms with Crippen molar-refractivity contribution in [1.29, 1.82) is 5.26 Å². The van der Waals surface area contributed by atoms with Crippen molar-refractivity contribution >= 4 is 16.5 Å². The average Bonchev–Trinajstić information content (AvgIpc) is 2.53. The Bertz CT molecular complexity index is 689. The van der Waals surface area contributed by atoms with Crippen molar-refractivity contribution in [3.05, 3.63) is 42.0 Å². The van der Waals surface area contributed by atoms with Crippen molar-refractivity contribution in [2.45, 2.75) is 32.4 Å². The van der Waals surface area contributed by atoms with Crippen LogP contribution in [0.1, 0.15) is 25.8 Å². The molecule has 0 aromatic heterocycles. The first kappa shape index (κ1) is 13.9. The van der Waals surface area contributed by atoms with E-state index < -0.39 is 0 Å². The largest absolute Gasteiger partial charge is 0.375 e. The van der Waals surface area contributed by atoms with Crippen molar-refractivity contribution < 1.29 is 4.74 Å². The van der Waals surface area contributed by atoms with Gasteiger partial charge in [0.05, 0.1) is 30.4 Å². The van der Waals surface area contributed by atoms with Gasteiger partial charge < -0.3 is 9.64 Å². The van der Waals surface area contributed by atoms with Crippen molar-refractivity contribution in [2.24, 2.45) is 0 Å². The van der Waals surface area contributed by atoms with E-state index in [0.29, 0.717) is 6.04 Å². The van der Waals surface area contributed by atoms with E-state index in [0.717, 1.165) is 35.9 Å². The normalized spacial score (nSPS) is 22.2. The molecule has 0 aliphatic carbocycles. The van der Waals surface area contributed by atoms with E-state index in [1.165, 1.54) is 5.69 Å².